The number of hydrazone groups is 1. The molecule has 1 aromatic rings. The molecule has 2 N–H and O–H groups in total. The lowest BCUT2D eigenvalue weighted by Crippen LogP contribution is -1.80. The zero-order valence-corrected chi connectivity index (χ0v) is 5.85. The van der Waals surface area contributed by atoms with Gasteiger partial charge in [-0.15, -0.1) is 11.3 Å². The lowest BCUT2D eigenvalue weighted by molar-refractivity contribution is 1.26. The fourth-order valence-corrected chi connectivity index (χ4v) is 1.18. The van der Waals surface area contributed by atoms with Crippen LogP contribution in [0.5, 0.6) is 0 Å². The third-order valence-electron chi connectivity index (χ3n) is 0.841. The van der Waals surface area contributed by atoms with Gasteiger partial charge >= 0.3 is 0 Å². The Hall–Kier alpha value is -0.900. The Balaban J connectivity index is 2.85. The van der Waals surface area contributed by atoms with Crippen molar-refractivity contribution in [1.29, 1.82) is 0 Å². The molecule has 1 rings (SSSR count). The molecule has 0 radical (unpaired) electrons. The highest BCUT2D eigenvalue weighted by Crippen LogP contribution is 2.07. The number of thiazole rings is 1. The van der Waals surface area contributed by atoms with Gasteiger partial charge in [-0.2, -0.15) is 5.10 Å². The van der Waals surface area contributed by atoms with Gasteiger partial charge in [0, 0.05) is 6.20 Å². The van der Waals surface area contributed by atoms with Gasteiger partial charge in [0.2, 0.25) is 0 Å². The van der Waals surface area contributed by atoms with Crippen molar-refractivity contribution in [2.24, 2.45) is 10.9 Å². The van der Waals surface area contributed by atoms with E-state index in [-0.39, 0.29) is 0 Å². The first-order valence-corrected chi connectivity index (χ1v) is 3.30. The third kappa shape index (κ3) is 1.50. The van der Waals surface area contributed by atoms with E-state index in [9.17, 15) is 0 Å². The van der Waals surface area contributed by atoms with Crippen LogP contribution in [-0.4, -0.2) is 11.2 Å². The molecule has 4 heteroatoms. The Labute approximate surface area is 57.2 Å². The normalized spacial score (nSPS) is 10.8. The zero-order chi connectivity index (χ0) is 6.69. The molecular weight excluding hydrogens is 134 g/mol. The maximum atomic E-state index is 4.92. The van der Waals surface area contributed by atoms with Gasteiger partial charge in [-0.3, -0.25) is 0 Å². The number of hydrogen-bond acceptors (Lipinski definition) is 4. The summed E-state index contributed by atoms with van der Waals surface area (Å²) >= 11 is 1.57. The van der Waals surface area contributed by atoms with Crippen LogP contribution in [-0.2, 0) is 0 Å². The summed E-state index contributed by atoms with van der Waals surface area (Å²) < 4.78 is 0. The van der Waals surface area contributed by atoms with Crippen molar-refractivity contribution in [2.45, 2.75) is 6.92 Å². The monoisotopic (exact) mass is 141 g/mol. The molecule has 0 fully saturated rings. The van der Waals surface area contributed by atoms with Crippen molar-refractivity contribution >= 4 is 17.6 Å². The van der Waals surface area contributed by atoms with Crippen LogP contribution in [0.4, 0.5) is 0 Å². The first kappa shape index (κ1) is 6.22. The van der Waals surface area contributed by atoms with E-state index in [1.807, 2.05) is 6.92 Å². The minimum absolute atomic E-state index is 0.995. The molecule has 1 heterocycles. The Bertz CT molecular complexity index is 216. The summed E-state index contributed by atoms with van der Waals surface area (Å²) in [5.41, 5.74) is 0. The van der Waals surface area contributed by atoms with Gasteiger partial charge in [-0.25, -0.2) is 4.98 Å². The van der Waals surface area contributed by atoms with Crippen molar-refractivity contribution < 1.29 is 0 Å². The third-order valence-corrected chi connectivity index (χ3v) is 1.69. The summed E-state index contributed by atoms with van der Waals surface area (Å²) in [4.78, 5) is 5.00. The first-order valence-electron chi connectivity index (χ1n) is 2.48. The van der Waals surface area contributed by atoms with Gasteiger partial charge in [0.1, 0.15) is 0 Å². The average molecular weight is 141 g/mol. The van der Waals surface area contributed by atoms with E-state index in [1.54, 1.807) is 23.7 Å². The van der Waals surface area contributed by atoms with E-state index in [1.165, 1.54) is 0 Å². The van der Waals surface area contributed by atoms with Crippen LogP contribution in [0.2, 0.25) is 0 Å². The molecule has 0 saturated carbocycles. The fraction of sp³-hybridized carbons (Fsp3) is 0.200. The van der Waals surface area contributed by atoms with E-state index >= 15 is 0 Å². The highest BCUT2D eigenvalue weighted by molar-refractivity contribution is 7.13. The Morgan fingerprint density at radius 3 is 3.11 bits per heavy atom. The molecule has 0 aliphatic rings. The van der Waals surface area contributed by atoms with Crippen molar-refractivity contribution in [3.8, 4) is 0 Å². The summed E-state index contributed by atoms with van der Waals surface area (Å²) in [5.74, 6) is 4.92. The van der Waals surface area contributed by atoms with E-state index < -0.39 is 0 Å². The second kappa shape index (κ2) is 2.59. The summed E-state index contributed by atoms with van der Waals surface area (Å²) in [6.45, 7) is 1.94. The van der Waals surface area contributed by atoms with E-state index in [4.69, 9.17) is 5.84 Å². The van der Waals surface area contributed by atoms with Crippen molar-refractivity contribution in [2.75, 3.05) is 0 Å². The molecule has 0 aromatic carbocycles. The van der Waals surface area contributed by atoms with Crippen molar-refractivity contribution in [3.63, 3.8) is 0 Å². The number of nitrogens with two attached hydrogens (primary N) is 1. The van der Waals surface area contributed by atoms with Crippen molar-refractivity contribution in [1.82, 2.24) is 4.98 Å². The highest BCUT2D eigenvalue weighted by Gasteiger charge is 1.90. The largest absolute Gasteiger partial charge is 0.323 e. The van der Waals surface area contributed by atoms with E-state index in [0.717, 1.165) is 9.88 Å². The molecule has 0 unspecified atom stereocenters. The molecule has 3 nitrogen and oxygen atoms in total. The summed E-state index contributed by atoms with van der Waals surface area (Å²) in [7, 11) is 0. The Morgan fingerprint density at radius 2 is 2.67 bits per heavy atom. The molecule has 0 amide bonds. The highest BCUT2D eigenvalue weighted by atomic mass is 32.1. The number of aromatic nitrogens is 1. The van der Waals surface area contributed by atoms with Gasteiger partial charge in [0.25, 0.3) is 0 Å². The van der Waals surface area contributed by atoms with Crippen LogP contribution in [0.25, 0.3) is 0 Å². The Kier molecular flexibility index (Phi) is 1.79. The lowest BCUT2D eigenvalue weighted by atomic mass is 10.6. The molecule has 0 saturated heterocycles. The van der Waals surface area contributed by atoms with Crippen LogP contribution < -0.4 is 5.84 Å². The van der Waals surface area contributed by atoms with Crippen LogP contribution in [0.3, 0.4) is 0 Å². The number of hydrogen-bond donors (Lipinski definition) is 1. The predicted octanol–water partition coefficient (Wildman–Crippen LogP) is 0.744. The quantitative estimate of drug-likeness (QED) is 0.356. The van der Waals surface area contributed by atoms with Gasteiger partial charge in [0.05, 0.1) is 16.1 Å². The minimum Gasteiger partial charge on any atom is -0.323 e. The van der Waals surface area contributed by atoms with E-state index in [0.29, 0.717) is 0 Å². The molecule has 0 aliphatic heterocycles. The smallest absolute Gasteiger partial charge is 0.0900 e. The zero-order valence-electron chi connectivity index (χ0n) is 5.03. The maximum absolute atomic E-state index is 4.92. The molecule has 0 bridgehead atoms. The summed E-state index contributed by atoms with van der Waals surface area (Å²) in [5, 5.41) is 4.40. The molecular formula is C5H7N3S. The summed E-state index contributed by atoms with van der Waals surface area (Å²) in [6, 6.07) is 0. The van der Waals surface area contributed by atoms with Crippen LogP contribution in [0, 0.1) is 6.92 Å². The molecule has 0 aliphatic carbocycles. The SMILES string of the molecule is Cc1ncc(/C=N/N)s1. The fourth-order valence-electron chi connectivity index (χ4n) is 0.511. The molecule has 0 spiro atoms. The van der Waals surface area contributed by atoms with Gasteiger partial charge < -0.3 is 5.84 Å². The number of aryl methyl sites for hydroxylation is 1. The molecule has 0 atom stereocenters. The molecule has 1 aromatic heterocycles. The predicted molar refractivity (Wildman–Crippen MR) is 38.6 cm³/mol. The number of rotatable bonds is 1. The van der Waals surface area contributed by atoms with Crippen LogP contribution in [0.1, 0.15) is 9.88 Å². The second-order valence-corrected chi connectivity index (χ2v) is 2.83. The van der Waals surface area contributed by atoms with Crippen LogP contribution in [0.15, 0.2) is 11.3 Å². The van der Waals surface area contributed by atoms with Crippen molar-refractivity contribution in [3.05, 3.63) is 16.1 Å². The van der Waals surface area contributed by atoms with Gasteiger partial charge in [0.15, 0.2) is 0 Å². The van der Waals surface area contributed by atoms with Crippen LogP contribution >= 0.6 is 11.3 Å². The molecule has 9 heavy (non-hydrogen) atoms. The minimum atomic E-state index is 0.995. The standard InChI is InChI=1S/C5H7N3S/c1-4-7-2-5(9-4)3-8-6/h2-3H,6H2,1H3/b8-3+. The van der Waals surface area contributed by atoms with Gasteiger partial charge in [-0.05, 0) is 6.92 Å². The first-order chi connectivity index (χ1) is 4.33. The summed E-state index contributed by atoms with van der Waals surface area (Å²) in [6.07, 6.45) is 3.33. The topological polar surface area (TPSA) is 51.3 Å². The number of nitrogens with zero attached hydrogens (tertiary/aromatic N) is 2. The second-order valence-electron chi connectivity index (χ2n) is 1.56. The average Bonchev–Trinajstić information content (AvgIpc) is 2.17. The van der Waals surface area contributed by atoms with E-state index in [2.05, 4.69) is 10.1 Å². The van der Waals surface area contributed by atoms with Gasteiger partial charge in [-0.1, -0.05) is 0 Å². The Morgan fingerprint density at radius 1 is 1.89 bits per heavy atom. The maximum Gasteiger partial charge on any atom is 0.0900 e. The molecule has 48 valence electrons. The lowest BCUT2D eigenvalue weighted by Gasteiger charge is -1.74.